The Morgan fingerprint density at radius 2 is 1.97 bits per heavy atom. The van der Waals surface area contributed by atoms with E-state index in [0.29, 0.717) is 12.0 Å². The molecule has 1 aliphatic rings. The van der Waals surface area contributed by atoms with Crippen LogP contribution in [0, 0.1) is 24.1 Å². The Labute approximate surface area is 181 Å². The van der Waals surface area contributed by atoms with Crippen molar-refractivity contribution in [1.82, 2.24) is 5.32 Å². The number of rotatable bonds is 8. The number of aryl methyl sites for hydroxylation is 1. The second-order valence-corrected chi connectivity index (χ2v) is 8.40. The molecule has 7 heteroatoms. The van der Waals surface area contributed by atoms with E-state index >= 15 is 0 Å². The average molecular weight is 426 g/mol. The van der Waals surface area contributed by atoms with Gasteiger partial charge in [-0.05, 0) is 36.6 Å². The Morgan fingerprint density at radius 3 is 2.58 bits per heavy atom. The monoisotopic (exact) mass is 425 g/mol. The van der Waals surface area contributed by atoms with E-state index in [1.54, 1.807) is 6.07 Å². The third kappa shape index (κ3) is 5.06. The fourth-order valence-electron chi connectivity index (χ4n) is 3.43. The van der Waals surface area contributed by atoms with Gasteiger partial charge in [0.2, 0.25) is 0 Å². The van der Waals surface area contributed by atoms with Crippen LogP contribution in [0.5, 0.6) is 0 Å². The minimum Gasteiger partial charge on any atom is -0.392 e. The van der Waals surface area contributed by atoms with Crippen LogP contribution in [-0.2, 0) is 9.59 Å². The van der Waals surface area contributed by atoms with Gasteiger partial charge in [0.15, 0.2) is 0 Å². The van der Waals surface area contributed by atoms with Gasteiger partial charge in [-0.2, -0.15) is 10.1 Å². The molecular weight excluding hydrogens is 397 g/mol. The number of hydrazone groups is 1. The number of halogens is 1. The third-order valence-corrected chi connectivity index (χ3v) is 5.55. The zero-order valence-corrected chi connectivity index (χ0v) is 18.0. The lowest BCUT2D eigenvalue weighted by molar-refractivity contribution is -0.134. The van der Waals surface area contributed by atoms with Gasteiger partial charge < -0.3 is 15.2 Å². The van der Waals surface area contributed by atoms with E-state index in [-0.39, 0.29) is 31.1 Å². The summed E-state index contributed by atoms with van der Waals surface area (Å²) in [6.45, 7) is 6.03. The Hall–Kier alpha value is -2.90. The van der Waals surface area contributed by atoms with Crippen molar-refractivity contribution in [3.05, 3.63) is 65.5 Å². The highest BCUT2D eigenvalue weighted by Crippen LogP contribution is 2.33. The van der Waals surface area contributed by atoms with Crippen molar-refractivity contribution in [3.8, 4) is 0 Å². The molecular formula is C24H28FN3O3. The molecule has 2 N–H and O–H groups in total. The molecule has 0 aliphatic carbocycles. The number of aliphatic hydroxyl groups excluding tert-OH is 1. The van der Waals surface area contributed by atoms with Crippen molar-refractivity contribution in [3.63, 3.8) is 0 Å². The molecule has 1 amide bonds. The van der Waals surface area contributed by atoms with Crippen molar-refractivity contribution in [2.45, 2.75) is 33.3 Å². The number of hydrogen-bond acceptors (Lipinski definition) is 5. The summed E-state index contributed by atoms with van der Waals surface area (Å²) >= 11 is 0. The molecule has 1 heterocycles. The molecule has 2 atom stereocenters. The van der Waals surface area contributed by atoms with Crippen LogP contribution in [0.25, 0.3) is 0 Å². The van der Waals surface area contributed by atoms with E-state index in [1.165, 1.54) is 18.2 Å². The van der Waals surface area contributed by atoms with Crippen molar-refractivity contribution >= 4 is 23.6 Å². The lowest BCUT2D eigenvalue weighted by Crippen LogP contribution is -2.54. The first-order valence-electron chi connectivity index (χ1n) is 10.4. The first-order chi connectivity index (χ1) is 14.8. The molecule has 31 heavy (non-hydrogen) atoms. The van der Waals surface area contributed by atoms with Crippen molar-refractivity contribution in [2.75, 3.05) is 18.1 Å². The van der Waals surface area contributed by atoms with E-state index in [4.69, 9.17) is 0 Å². The molecule has 1 aliphatic heterocycles. The van der Waals surface area contributed by atoms with Crippen LogP contribution < -0.4 is 10.3 Å². The fourth-order valence-corrected chi connectivity index (χ4v) is 3.43. The Morgan fingerprint density at radius 1 is 1.26 bits per heavy atom. The fraction of sp³-hybridized carbons (Fsp3) is 0.375. The summed E-state index contributed by atoms with van der Waals surface area (Å²) in [5.74, 6) is -0.997. The predicted octanol–water partition coefficient (Wildman–Crippen LogP) is 3.07. The number of aliphatic hydroxyl groups is 1. The maximum absolute atomic E-state index is 13.9. The standard InChI is InChI=1S/C24H28FN3O3/c1-16(2)22(30)13-26-14-24(15-29)12-21(18-9-7-17(3)8-10-18)27-28(23(24)31)20-6-4-5-19(25)11-20/h4-11,15-16,22,26,30H,12-14H2,1-3H3. The highest BCUT2D eigenvalue weighted by atomic mass is 19.1. The van der Waals surface area contributed by atoms with Crippen LogP contribution in [-0.4, -0.2) is 42.2 Å². The van der Waals surface area contributed by atoms with Crippen molar-refractivity contribution < 1.29 is 19.1 Å². The lowest BCUT2D eigenvalue weighted by atomic mass is 9.79. The number of amides is 1. The van der Waals surface area contributed by atoms with Crippen LogP contribution in [0.1, 0.15) is 31.4 Å². The quantitative estimate of drug-likeness (QED) is 0.503. The number of aldehydes is 1. The molecule has 3 rings (SSSR count). The average Bonchev–Trinajstić information content (AvgIpc) is 2.75. The van der Waals surface area contributed by atoms with Gasteiger partial charge in [-0.25, -0.2) is 4.39 Å². The summed E-state index contributed by atoms with van der Waals surface area (Å²) < 4.78 is 13.9. The van der Waals surface area contributed by atoms with Crippen LogP contribution in [0.3, 0.4) is 0 Å². The second-order valence-electron chi connectivity index (χ2n) is 8.40. The maximum Gasteiger partial charge on any atom is 0.262 e. The van der Waals surface area contributed by atoms with Gasteiger partial charge in [-0.15, -0.1) is 0 Å². The Balaban J connectivity index is 1.99. The molecule has 0 saturated heterocycles. The summed E-state index contributed by atoms with van der Waals surface area (Å²) in [6, 6.07) is 13.2. The zero-order chi connectivity index (χ0) is 22.6. The minimum absolute atomic E-state index is 0.0372. The van der Waals surface area contributed by atoms with Crippen LogP contribution >= 0.6 is 0 Å². The summed E-state index contributed by atoms with van der Waals surface area (Å²) in [5.41, 5.74) is 1.24. The van der Waals surface area contributed by atoms with Crippen LogP contribution in [0.2, 0.25) is 0 Å². The molecule has 0 bridgehead atoms. The molecule has 0 spiro atoms. The van der Waals surface area contributed by atoms with Gasteiger partial charge in [0.25, 0.3) is 5.91 Å². The molecule has 0 fully saturated rings. The number of benzene rings is 2. The first-order valence-corrected chi connectivity index (χ1v) is 10.4. The third-order valence-electron chi connectivity index (χ3n) is 5.55. The van der Waals surface area contributed by atoms with Crippen LogP contribution in [0.4, 0.5) is 10.1 Å². The number of nitrogens with one attached hydrogen (secondary N) is 1. The van der Waals surface area contributed by atoms with Gasteiger partial charge >= 0.3 is 0 Å². The van der Waals surface area contributed by atoms with E-state index in [0.717, 1.165) is 16.1 Å². The first kappa shape index (κ1) is 22.8. The van der Waals surface area contributed by atoms with Crippen molar-refractivity contribution in [1.29, 1.82) is 0 Å². The van der Waals surface area contributed by atoms with Gasteiger partial charge in [0.05, 0.1) is 17.5 Å². The highest BCUT2D eigenvalue weighted by Gasteiger charge is 2.46. The molecule has 2 aromatic rings. The smallest absolute Gasteiger partial charge is 0.262 e. The maximum atomic E-state index is 13.9. The van der Waals surface area contributed by atoms with E-state index in [1.807, 2.05) is 45.0 Å². The summed E-state index contributed by atoms with van der Waals surface area (Å²) in [5, 5.41) is 18.7. The van der Waals surface area contributed by atoms with Crippen LogP contribution in [0.15, 0.2) is 53.6 Å². The number of nitrogens with zero attached hydrogens (tertiary/aromatic N) is 2. The normalized spacial score (nSPS) is 20.0. The van der Waals surface area contributed by atoms with Gasteiger partial charge in [0.1, 0.15) is 17.5 Å². The van der Waals surface area contributed by atoms with E-state index < -0.39 is 23.2 Å². The topological polar surface area (TPSA) is 82.0 Å². The molecule has 0 radical (unpaired) electrons. The number of anilines is 1. The number of carbonyl (C=O) groups is 2. The SMILES string of the molecule is Cc1ccc(C2=NN(c3cccc(F)c3)C(=O)C(C=O)(CNCC(O)C(C)C)C2)cc1. The summed E-state index contributed by atoms with van der Waals surface area (Å²) in [4.78, 5) is 25.7. The number of carbonyl (C=O) groups excluding carboxylic acids is 2. The Kier molecular flexibility index (Phi) is 6.97. The molecule has 2 aromatic carbocycles. The largest absolute Gasteiger partial charge is 0.392 e. The minimum atomic E-state index is -1.43. The van der Waals surface area contributed by atoms with E-state index in [2.05, 4.69) is 10.4 Å². The molecule has 164 valence electrons. The van der Waals surface area contributed by atoms with Gasteiger partial charge in [0, 0.05) is 19.5 Å². The van der Waals surface area contributed by atoms with Gasteiger partial charge in [-0.3, -0.25) is 4.79 Å². The molecule has 6 nitrogen and oxygen atoms in total. The molecule has 2 unspecified atom stereocenters. The molecule has 0 saturated carbocycles. The number of hydrogen-bond donors (Lipinski definition) is 2. The highest BCUT2D eigenvalue weighted by molar-refractivity contribution is 6.16. The Bertz CT molecular complexity index is 974. The molecule has 0 aromatic heterocycles. The zero-order valence-electron chi connectivity index (χ0n) is 18.0. The van der Waals surface area contributed by atoms with Crippen molar-refractivity contribution in [2.24, 2.45) is 16.4 Å². The summed E-state index contributed by atoms with van der Waals surface area (Å²) in [6.07, 6.45) is 0.140. The second kappa shape index (κ2) is 9.49. The van der Waals surface area contributed by atoms with Gasteiger partial charge in [-0.1, -0.05) is 49.7 Å². The van der Waals surface area contributed by atoms with E-state index in [9.17, 15) is 19.1 Å². The lowest BCUT2D eigenvalue weighted by Gasteiger charge is -2.36. The predicted molar refractivity (Wildman–Crippen MR) is 118 cm³/mol. The summed E-state index contributed by atoms with van der Waals surface area (Å²) in [7, 11) is 0.